The third-order valence-electron chi connectivity index (χ3n) is 6.77. The van der Waals surface area contributed by atoms with Gasteiger partial charge in [-0.1, -0.05) is 74.5 Å². The van der Waals surface area contributed by atoms with Gasteiger partial charge in [-0.05, 0) is 55.1 Å². The summed E-state index contributed by atoms with van der Waals surface area (Å²) < 4.78 is 0. The summed E-state index contributed by atoms with van der Waals surface area (Å²) in [5.41, 5.74) is 2.01. The molecule has 0 bridgehead atoms. The summed E-state index contributed by atoms with van der Waals surface area (Å²) >= 11 is 0. The Hall–Kier alpha value is -2.95. The van der Waals surface area contributed by atoms with Crippen LogP contribution < -0.4 is 10.6 Å². The third kappa shape index (κ3) is 7.55. The molecule has 0 radical (unpaired) electrons. The molecule has 176 valence electrons. The molecule has 5 heteroatoms. The largest absolute Gasteiger partial charge is 0.349 e. The highest BCUT2D eigenvalue weighted by atomic mass is 16.2. The van der Waals surface area contributed by atoms with E-state index in [1.807, 2.05) is 60.7 Å². The van der Waals surface area contributed by atoms with Gasteiger partial charge in [-0.25, -0.2) is 0 Å². The van der Waals surface area contributed by atoms with Gasteiger partial charge in [-0.2, -0.15) is 0 Å². The second-order valence-corrected chi connectivity index (χ2v) is 9.46. The van der Waals surface area contributed by atoms with Crippen molar-refractivity contribution in [2.24, 2.45) is 17.8 Å². The fourth-order valence-electron chi connectivity index (χ4n) is 4.61. The summed E-state index contributed by atoms with van der Waals surface area (Å²) in [6, 6.07) is 18.5. The molecule has 5 nitrogen and oxygen atoms in total. The van der Waals surface area contributed by atoms with E-state index in [4.69, 9.17) is 0 Å². The summed E-state index contributed by atoms with van der Waals surface area (Å²) in [5.74, 6) is -0.144. The lowest BCUT2D eigenvalue weighted by Crippen LogP contribution is -2.50. The predicted molar refractivity (Wildman–Crippen MR) is 131 cm³/mol. The number of amides is 2. The zero-order valence-electron chi connectivity index (χ0n) is 19.8. The number of Topliss-reactive ketones (excluding diaryl/α,β-unsaturated/α-hetero) is 1. The number of hydrogen-bond donors (Lipinski definition) is 2. The van der Waals surface area contributed by atoms with E-state index in [0.29, 0.717) is 31.2 Å². The Balaban J connectivity index is 1.60. The maximum Gasteiger partial charge on any atom is 0.289 e. The van der Waals surface area contributed by atoms with Gasteiger partial charge in [0.2, 0.25) is 11.7 Å². The van der Waals surface area contributed by atoms with E-state index in [1.54, 1.807) is 0 Å². The number of carbonyl (C=O) groups is 3. The molecule has 1 fully saturated rings. The first-order valence-corrected chi connectivity index (χ1v) is 12.1. The SMILES string of the molecule is CC(C)C1CCC(C(=O)NC(Cc2ccccc2)C(=O)C(=O)NCCc2ccccc2)CC1. The van der Waals surface area contributed by atoms with Crippen LogP contribution in [-0.4, -0.2) is 30.2 Å². The summed E-state index contributed by atoms with van der Waals surface area (Å²) in [5, 5.41) is 5.65. The molecule has 1 aliphatic rings. The minimum Gasteiger partial charge on any atom is -0.349 e. The van der Waals surface area contributed by atoms with Crippen molar-refractivity contribution >= 4 is 17.6 Å². The van der Waals surface area contributed by atoms with E-state index < -0.39 is 17.7 Å². The minimum absolute atomic E-state index is 0.0905. The van der Waals surface area contributed by atoms with Gasteiger partial charge in [0.25, 0.3) is 5.91 Å². The molecule has 0 heterocycles. The van der Waals surface area contributed by atoms with Crippen LogP contribution in [0.5, 0.6) is 0 Å². The molecule has 1 atom stereocenters. The van der Waals surface area contributed by atoms with Crippen LogP contribution in [0.25, 0.3) is 0 Å². The van der Waals surface area contributed by atoms with Crippen molar-refractivity contribution in [2.45, 2.75) is 58.4 Å². The molecular formula is C28H36N2O3. The third-order valence-corrected chi connectivity index (χ3v) is 6.77. The second kappa shape index (κ2) is 12.3. The van der Waals surface area contributed by atoms with Gasteiger partial charge in [0.15, 0.2) is 0 Å². The summed E-state index contributed by atoms with van der Waals surface area (Å²) in [4.78, 5) is 38.7. The van der Waals surface area contributed by atoms with Crippen molar-refractivity contribution in [1.29, 1.82) is 0 Å². The zero-order valence-corrected chi connectivity index (χ0v) is 19.8. The molecule has 3 rings (SSSR count). The van der Waals surface area contributed by atoms with Crippen molar-refractivity contribution in [3.8, 4) is 0 Å². The number of nitrogens with one attached hydrogen (secondary N) is 2. The molecule has 33 heavy (non-hydrogen) atoms. The topological polar surface area (TPSA) is 75.3 Å². The maximum absolute atomic E-state index is 13.0. The monoisotopic (exact) mass is 448 g/mol. The normalized spacial score (nSPS) is 19.0. The van der Waals surface area contributed by atoms with Crippen LogP contribution in [0.15, 0.2) is 60.7 Å². The highest BCUT2D eigenvalue weighted by Crippen LogP contribution is 2.33. The first kappa shape index (κ1) is 24.7. The van der Waals surface area contributed by atoms with Crippen molar-refractivity contribution < 1.29 is 14.4 Å². The molecule has 2 aromatic rings. The van der Waals surface area contributed by atoms with Gasteiger partial charge in [-0.3, -0.25) is 14.4 Å². The van der Waals surface area contributed by atoms with Gasteiger partial charge >= 0.3 is 0 Å². The quantitative estimate of drug-likeness (QED) is 0.537. The van der Waals surface area contributed by atoms with E-state index >= 15 is 0 Å². The Kier molecular flexibility index (Phi) is 9.23. The number of carbonyl (C=O) groups excluding carboxylic acids is 3. The van der Waals surface area contributed by atoms with Crippen LogP contribution in [0.4, 0.5) is 0 Å². The Labute approximate surface area is 197 Å². The highest BCUT2D eigenvalue weighted by Gasteiger charge is 2.32. The lowest BCUT2D eigenvalue weighted by molar-refractivity contribution is -0.140. The molecule has 1 unspecified atom stereocenters. The lowest BCUT2D eigenvalue weighted by atomic mass is 9.76. The number of benzene rings is 2. The Morgan fingerprint density at radius 3 is 2.00 bits per heavy atom. The Morgan fingerprint density at radius 1 is 0.848 bits per heavy atom. The van der Waals surface area contributed by atoms with Crippen molar-refractivity contribution in [1.82, 2.24) is 10.6 Å². The standard InChI is InChI=1S/C28H36N2O3/c1-20(2)23-13-15-24(16-14-23)27(32)30-25(19-22-11-7-4-8-12-22)26(31)28(33)29-18-17-21-9-5-3-6-10-21/h3-12,20,23-25H,13-19H2,1-2H3,(H,29,33)(H,30,32). The molecule has 0 aliphatic heterocycles. The number of rotatable bonds is 10. The lowest BCUT2D eigenvalue weighted by Gasteiger charge is -2.31. The van der Waals surface area contributed by atoms with E-state index in [2.05, 4.69) is 24.5 Å². The second-order valence-electron chi connectivity index (χ2n) is 9.46. The highest BCUT2D eigenvalue weighted by molar-refractivity contribution is 6.38. The average Bonchev–Trinajstić information content (AvgIpc) is 2.84. The molecule has 1 aliphatic carbocycles. The number of hydrogen-bond acceptors (Lipinski definition) is 3. The van der Waals surface area contributed by atoms with Crippen molar-refractivity contribution in [3.05, 3.63) is 71.8 Å². The Morgan fingerprint density at radius 2 is 1.42 bits per heavy atom. The predicted octanol–water partition coefficient (Wildman–Crippen LogP) is 4.10. The maximum atomic E-state index is 13.0. The smallest absolute Gasteiger partial charge is 0.289 e. The molecule has 0 spiro atoms. The van der Waals surface area contributed by atoms with Gasteiger partial charge in [0, 0.05) is 18.9 Å². The van der Waals surface area contributed by atoms with Crippen LogP contribution in [0, 0.1) is 17.8 Å². The van der Waals surface area contributed by atoms with E-state index in [9.17, 15) is 14.4 Å². The molecule has 1 saturated carbocycles. The van der Waals surface area contributed by atoms with E-state index in [0.717, 1.165) is 36.8 Å². The fraction of sp³-hybridized carbons (Fsp3) is 0.464. The van der Waals surface area contributed by atoms with E-state index in [1.165, 1.54) is 0 Å². The van der Waals surface area contributed by atoms with Crippen LogP contribution in [0.2, 0.25) is 0 Å². The van der Waals surface area contributed by atoms with Gasteiger partial charge in [0.1, 0.15) is 6.04 Å². The van der Waals surface area contributed by atoms with Crippen LogP contribution in [0.1, 0.15) is 50.7 Å². The molecule has 0 aromatic heterocycles. The van der Waals surface area contributed by atoms with Crippen LogP contribution >= 0.6 is 0 Å². The molecule has 2 N–H and O–H groups in total. The summed E-state index contributed by atoms with van der Waals surface area (Å²) in [7, 11) is 0. The van der Waals surface area contributed by atoms with E-state index in [-0.39, 0.29) is 11.8 Å². The van der Waals surface area contributed by atoms with Crippen LogP contribution in [0.3, 0.4) is 0 Å². The first-order chi connectivity index (χ1) is 15.9. The van der Waals surface area contributed by atoms with Gasteiger partial charge in [-0.15, -0.1) is 0 Å². The molecular weight excluding hydrogens is 412 g/mol. The molecule has 2 amide bonds. The molecule has 2 aromatic carbocycles. The summed E-state index contributed by atoms with van der Waals surface area (Å²) in [6.07, 6.45) is 4.70. The first-order valence-electron chi connectivity index (χ1n) is 12.1. The van der Waals surface area contributed by atoms with Crippen molar-refractivity contribution in [3.63, 3.8) is 0 Å². The summed E-state index contributed by atoms with van der Waals surface area (Å²) in [6.45, 7) is 4.84. The average molecular weight is 449 g/mol. The van der Waals surface area contributed by atoms with Crippen molar-refractivity contribution in [2.75, 3.05) is 6.54 Å². The van der Waals surface area contributed by atoms with Crippen LogP contribution in [-0.2, 0) is 27.2 Å². The molecule has 0 saturated heterocycles. The van der Waals surface area contributed by atoms with Gasteiger partial charge in [0.05, 0.1) is 0 Å². The zero-order chi connectivity index (χ0) is 23.6. The minimum atomic E-state index is -0.862. The number of ketones is 1. The van der Waals surface area contributed by atoms with Gasteiger partial charge < -0.3 is 10.6 Å². The fourth-order valence-corrected chi connectivity index (χ4v) is 4.61. The Bertz CT molecular complexity index is 903.